The van der Waals surface area contributed by atoms with E-state index in [9.17, 15) is 24.7 Å². The van der Waals surface area contributed by atoms with E-state index in [1.54, 1.807) is 12.1 Å². The summed E-state index contributed by atoms with van der Waals surface area (Å²) in [6.07, 6.45) is -0.878. The first-order valence-electron chi connectivity index (χ1n) is 9.65. The summed E-state index contributed by atoms with van der Waals surface area (Å²) in [6.45, 7) is 5.24. The summed E-state index contributed by atoms with van der Waals surface area (Å²) in [5.41, 5.74) is 0.458. The molecule has 6 nitrogen and oxygen atoms in total. The Hall–Kier alpha value is -1.74. The van der Waals surface area contributed by atoms with Gasteiger partial charge in [0.2, 0.25) is 5.91 Å². The van der Waals surface area contributed by atoms with Gasteiger partial charge in [0.1, 0.15) is 0 Å². The normalized spacial score (nSPS) is 14.5. The van der Waals surface area contributed by atoms with E-state index >= 15 is 0 Å². The molecule has 0 unspecified atom stereocenters. The standard InChI is InChI=1S/C21H27BBrNO5/c1-12(2)8-20(22(28)29)24-21(27)18(13(3)25)11-19(26)16-5-4-15-10-17(23)7-6-14(15)9-16/h4-7,9-10,12-13,18,20,25,28-29H,8,11H2,1-3H3,(H,24,27)/t13-,18+,20+/m1/s1. The van der Waals surface area contributed by atoms with Gasteiger partial charge < -0.3 is 20.5 Å². The van der Waals surface area contributed by atoms with Gasteiger partial charge in [0.15, 0.2) is 5.78 Å². The molecule has 0 spiro atoms. The average molecular weight is 464 g/mol. The molecule has 0 heterocycles. The number of nitrogens with one attached hydrogen (secondary N) is 1. The van der Waals surface area contributed by atoms with E-state index in [2.05, 4.69) is 21.2 Å². The van der Waals surface area contributed by atoms with Crippen LogP contribution in [0.4, 0.5) is 0 Å². The van der Waals surface area contributed by atoms with Gasteiger partial charge in [-0.15, -0.1) is 0 Å². The maximum Gasteiger partial charge on any atom is 0.475 e. The van der Waals surface area contributed by atoms with Crippen LogP contribution in [0.2, 0.25) is 0 Å². The highest BCUT2D eigenvalue weighted by Gasteiger charge is 2.32. The highest BCUT2D eigenvalue weighted by atomic mass is 79.9. The molecule has 1 amide bonds. The van der Waals surface area contributed by atoms with Gasteiger partial charge in [0.05, 0.1) is 18.0 Å². The summed E-state index contributed by atoms with van der Waals surface area (Å²) in [6, 6.07) is 11.0. The monoisotopic (exact) mass is 463 g/mol. The van der Waals surface area contributed by atoms with Crippen molar-refractivity contribution in [1.82, 2.24) is 5.32 Å². The van der Waals surface area contributed by atoms with Crippen LogP contribution in [-0.2, 0) is 4.79 Å². The number of rotatable bonds is 9. The van der Waals surface area contributed by atoms with E-state index in [1.807, 2.05) is 38.1 Å². The predicted octanol–water partition coefficient (Wildman–Crippen LogP) is 2.72. The van der Waals surface area contributed by atoms with Crippen molar-refractivity contribution >= 4 is 45.5 Å². The van der Waals surface area contributed by atoms with Crippen molar-refractivity contribution in [2.24, 2.45) is 11.8 Å². The summed E-state index contributed by atoms with van der Waals surface area (Å²) in [7, 11) is -1.72. The molecule has 0 radical (unpaired) electrons. The summed E-state index contributed by atoms with van der Waals surface area (Å²) in [4.78, 5) is 25.4. The minimum atomic E-state index is -1.72. The zero-order valence-electron chi connectivity index (χ0n) is 16.8. The topological polar surface area (TPSA) is 107 Å². The van der Waals surface area contributed by atoms with Gasteiger partial charge in [-0.1, -0.05) is 48.0 Å². The number of ketones is 1. The molecule has 156 valence electrons. The van der Waals surface area contributed by atoms with E-state index in [0.717, 1.165) is 15.2 Å². The largest absolute Gasteiger partial charge is 0.475 e. The summed E-state index contributed by atoms with van der Waals surface area (Å²) >= 11 is 3.41. The zero-order valence-corrected chi connectivity index (χ0v) is 18.4. The first-order chi connectivity index (χ1) is 13.6. The second-order valence-corrected chi connectivity index (χ2v) is 8.75. The molecule has 0 aromatic heterocycles. The highest BCUT2D eigenvalue weighted by Crippen LogP contribution is 2.23. The van der Waals surface area contributed by atoms with Crippen LogP contribution >= 0.6 is 15.9 Å². The Morgan fingerprint density at radius 3 is 2.28 bits per heavy atom. The summed E-state index contributed by atoms with van der Waals surface area (Å²) in [5.74, 6) is -2.56. The fourth-order valence-corrected chi connectivity index (χ4v) is 3.62. The molecule has 0 bridgehead atoms. The molecule has 0 saturated carbocycles. The Labute approximate surface area is 179 Å². The average Bonchev–Trinajstić information content (AvgIpc) is 2.64. The molecule has 2 rings (SSSR count). The molecule has 0 aliphatic rings. The number of aliphatic hydroxyl groups excluding tert-OH is 1. The van der Waals surface area contributed by atoms with E-state index < -0.39 is 31.0 Å². The molecule has 0 aliphatic heterocycles. The number of halogens is 1. The van der Waals surface area contributed by atoms with Gasteiger partial charge >= 0.3 is 7.12 Å². The minimum Gasteiger partial charge on any atom is -0.426 e. The number of hydrogen-bond donors (Lipinski definition) is 4. The molecule has 0 saturated heterocycles. The van der Waals surface area contributed by atoms with Crippen LogP contribution in [0.1, 0.15) is 44.0 Å². The SMILES string of the molecule is CC(C)C[C@H](NC(=O)[C@@H](CC(=O)c1ccc2cc(Br)ccc2c1)[C@@H](C)O)B(O)O. The Morgan fingerprint density at radius 1 is 1.07 bits per heavy atom. The Balaban J connectivity index is 2.15. The van der Waals surface area contributed by atoms with E-state index in [0.29, 0.717) is 12.0 Å². The van der Waals surface area contributed by atoms with Crippen molar-refractivity contribution in [2.45, 2.75) is 45.7 Å². The Kier molecular flexibility index (Phi) is 8.40. The summed E-state index contributed by atoms with van der Waals surface area (Å²) in [5, 5.41) is 33.6. The summed E-state index contributed by atoms with van der Waals surface area (Å²) < 4.78 is 0.942. The lowest BCUT2D eigenvalue weighted by Crippen LogP contribution is -2.50. The van der Waals surface area contributed by atoms with Crippen LogP contribution in [0.15, 0.2) is 40.9 Å². The number of benzene rings is 2. The van der Waals surface area contributed by atoms with Gasteiger partial charge in [-0.2, -0.15) is 0 Å². The molecular formula is C21H27BBrNO5. The molecule has 4 N–H and O–H groups in total. The van der Waals surface area contributed by atoms with Gasteiger partial charge in [0, 0.05) is 16.5 Å². The van der Waals surface area contributed by atoms with Crippen molar-refractivity contribution in [3.8, 4) is 0 Å². The second-order valence-electron chi connectivity index (χ2n) is 7.84. The Morgan fingerprint density at radius 2 is 1.69 bits per heavy atom. The third kappa shape index (κ3) is 6.64. The molecule has 0 fully saturated rings. The number of carbonyl (C=O) groups excluding carboxylic acids is 2. The number of amides is 1. The predicted molar refractivity (Wildman–Crippen MR) is 117 cm³/mol. The van der Waals surface area contributed by atoms with Crippen LogP contribution in [0, 0.1) is 11.8 Å². The smallest absolute Gasteiger partial charge is 0.426 e. The van der Waals surface area contributed by atoms with Gasteiger partial charge in [-0.3, -0.25) is 9.59 Å². The number of aliphatic hydroxyl groups is 1. The number of carbonyl (C=O) groups is 2. The molecule has 8 heteroatoms. The molecular weight excluding hydrogens is 437 g/mol. The van der Waals surface area contributed by atoms with Crippen LogP contribution in [-0.4, -0.2) is 46.0 Å². The zero-order chi connectivity index (χ0) is 21.7. The van der Waals surface area contributed by atoms with Crippen molar-refractivity contribution in [1.29, 1.82) is 0 Å². The van der Waals surface area contributed by atoms with Crippen molar-refractivity contribution < 1.29 is 24.7 Å². The van der Waals surface area contributed by atoms with Crippen LogP contribution in [0.5, 0.6) is 0 Å². The third-order valence-corrected chi connectivity index (χ3v) is 5.35. The van der Waals surface area contributed by atoms with Crippen molar-refractivity contribution in [3.05, 3.63) is 46.4 Å². The number of Topliss-reactive ketones (excluding diaryl/α,β-unsaturated/α-hetero) is 1. The van der Waals surface area contributed by atoms with Gasteiger partial charge in [-0.25, -0.2) is 0 Å². The molecule has 29 heavy (non-hydrogen) atoms. The lowest BCUT2D eigenvalue weighted by atomic mass is 9.74. The quantitative estimate of drug-likeness (QED) is 0.338. The van der Waals surface area contributed by atoms with Crippen LogP contribution < -0.4 is 5.32 Å². The maximum atomic E-state index is 12.8. The lowest BCUT2D eigenvalue weighted by Gasteiger charge is -2.24. The number of hydrogen-bond acceptors (Lipinski definition) is 5. The number of fused-ring (bicyclic) bond motifs is 1. The van der Waals surface area contributed by atoms with E-state index in [-0.39, 0.29) is 18.1 Å². The molecule has 0 aliphatic carbocycles. The second kappa shape index (κ2) is 10.3. The highest BCUT2D eigenvalue weighted by molar-refractivity contribution is 9.10. The fourth-order valence-electron chi connectivity index (χ4n) is 3.24. The van der Waals surface area contributed by atoms with E-state index in [1.165, 1.54) is 6.92 Å². The first kappa shape index (κ1) is 23.5. The van der Waals surface area contributed by atoms with Crippen molar-refractivity contribution in [2.75, 3.05) is 0 Å². The lowest BCUT2D eigenvalue weighted by molar-refractivity contribution is -0.128. The maximum absolute atomic E-state index is 12.8. The van der Waals surface area contributed by atoms with Crippen LogP contribution in [0.3, 0.4) is 0 Å². The van der Waals surface area contributed by atoms with E-state index in [4.69, 9.17) is 0 Å². The third-order valence-electron chi connectivity index (χ3n) is 4.86. The first-order valence-corrected chi connectivity index (χ1v) is 10.4. The molecule has 3 atom stereocenters. The molecule has 2 aromatic carbocycles. The van der Waals surface area contributed by atoms with Gasteiger partial charge in [-0.05, 0) is 48.2 Å². The minimum absolute atomic E-state index is 0.131. The Bertz CT molecular complexity index is 871. The van der Waals surface area contributed by atoms with Gasteiger partial charge in [0.25, 0.3) is 0 Å². The molecule has 2 aromatic rings. The fraction of sp³-hybridized carbons (Fsp3) is 0.429. The van der Waals surface area contributed by atoms with Crippen molar-refractivity contribution in [3.63, 3.8) is 0 Å². The van der Waals surface area contributed by atoms with Crippen LogP contribution in [0.25, 0.3) is 10.8 Å².